The molecule has 11 nitrogen and oxygen atoms in total. The number of aryl methyl sites for hydroxylation is 1. The van der Waals surface area contributed by atoms with Crippen LogP contribution in [0.15, 0.2) is 71.6 Å². The Balaban J connectivity index is 1.41. The van der Waals surface area contributed by atoms with E-state index in [4.69, 9.17) is 0 Å². The average Bonchev–Trinajstić information content (AvgIpc) is 3.19. The molecule has 2 aromatic heterocycles. The Labute approximate surface area is 221 Å². The summed E-state index contributed by atoms with van der Waals surface area (Å²) in [5.41, 5.74) is 2.23. The molecule has 4 rings (SSSR count). The van der Waals surface area contributed by atoms with Crippen LogP contribution in [0.1, 0.15) is 5.82 Å². The highest BCUT2D eigenvalue weighted by molar-refractivity contribution is 9.10. The van der Waals surface area contributed by atoms with Crippen LogP contribution < -0.4 is 10.6 Å². The number of nitrogens with one attached hydrogen (secondary N) is 2. The number of hydrogen-bond acceptors (Lipinski definition) is 7. The number of benzene rings is 2. The number of carbonyl (C=O) groups excluding carboxylic acids is 1. The first-order valence-corrected chi connectivity index (χ1v) is 12.1. The second-order valence-corrected chi connectivity index (χ2v) is 10.1. The topological polar surface area (TPSA) is 128 Å². The van der Waals surface area contributed by atoms with Crippen molar-refractivity contribution < 1.29 is 14.2 Å². The molecule has 2 heterocycles. The first-order valence-electron chi connectivity index (χ1n) is 11.3. The lowest BCUT2D eigenvalue weighted by molar-refractivity contribution is -0.898. The second-order valence-electron chi connectivity index (χ2n) is 9.14. The maximum absolute atomic E-state index is 12.6. The fourth-order valence-corrected chi connectivity index (χ4v) is 4.14. The van der Waals surface area contributed by atoms with Gasteiger partial charge in [0.25, 0.3) is 5.82 Å². The van der Waals surface area contributed by atoms with Gasteiger partial charge < -0.3 is 29.8 Å². The Bertz CT molecular complexity index is 1500. The third kappa shape index (κ3) is 6.74. The molecule has 2 N–H and O–H groups in total. The molecule has 0 fully saturated rings. The van der Waals surface area contributed by atoms with E-state index in [1.54, 1.807) is 23.8 Å². The number of nitro groups is 1. The second kappa shape index (κ2) is 10.8. The summed E-state index contributed by atoms with van der Waals surface area (Å²) in [7, 11) is 5.66. The Morgan fingerprint density at radius 1 is 1.19 bits per heavy atom. The number of nitrogens with zero attached hydrogens (tertiary/aromatic N) is 6. The fraction of sp³-hybridized carbons (Fsp3) is 0.200. The van der Waals surface area contributed by atoms with E-state index in [-0.39, 0.29) is 11.7 Å². The van der Waals surface area contributed by atoms with Crippen molar-refractivity contribution in [3.05, 3.63) is 87.6 Å². The Morgan fingerprint density at radius 2 is 2.00 bits per heavy atom. The van der Waals surface area contributed by atoms with Gasteiger partial charge in [0.05, 0.1) is 26.2 Å². The lowest BCUT2D eigenvalue weighted by Gasteiger charge is -2.26. The van der Waals surface area contributed by atoms with Crippen molar-refractivity contribution in [1.82, 2.24) is 19.5 Å². The normalized spacial score (nSPS) is 11.7. The maximum atomic E-state index is 12.6. The lowest BCUT2D eigenvalue weighted by atomic mass is 10.2. The first kappa shape index (κ1) is 25.9. The molecule has 0 aliphatic carbocycles. The number of hydrogen-bond donors (Lipinski definition) is 2. The van der Waals surface area contributed by atoms with Crippen LogP contribution in [0, 0.1) is 10.1 Å². The van der Waals surface area contributed by atoms with Gasteiger partial charge in [-0.15, -0.1) is 0 Å². The molecule has 0 aliphatic rings. The molecule has 0 saturated heterocycles. The van der Waals surface area contributed by atoms with Gasteiger partial charge in [-0.3, -0.25) is 4.79 Å². The molecule has 0 radical (unpaired) electrons. The molecule has 0 aliphatic heterocycles. The van der Waals surface area contributed by atoms with Crippen molar-refractivity contribution in [1.29, 1.82) is 0 Å². The monoisotopic (exact) mass is 565 g/mol. The summed E-state index contributed by atoms with van der Waals surface area (Å²) in [5.74, 6) is 0.775. The maximum Gasteiger partial charge on any atom is 0.382 e. The van der Waals surface area contributed by atoms with Crippen LogP contribution in [0.25, 0.3) is 10.9 Å². The van der Waals surface area contributed by atoms with Crippen LogP contribution in [-0.4, -0.2) is 55.5 Å². The minimum absolute atomic E-state index is 0.178. The number of anilines is 3. The minimum Gasteiger partial charge on any atom is -0.358 e. The predicted molar refractivity (Wildman–Crippen MR) is 145 cm³/mol. The van der Waals surface area contributed by atoms with Crippen LogP contribution in [0.2, 0.25) is 0 Å². The molecule has 2 aromatic carbocycles. The van der Waals surface area contributed by atoms with Gasteiger partial charge in [0, 0.05) is 34.4 Å². The number of carbonyl (C=O) groups is 1. The number of imidazole rings is 1. The summed E-state index contributed by atoms with van der Waals surface area (Å²) in [6.45, 7) is 0.995. The van der Waals surface area contributed by atoms with Gasteiger partial charge in [-0.05, 0) is 52.4 Å². The van der Waals surface area contributed by atoms with Gasteiger partial charge in [0.15, 0.2) is 6.54 Å². The molecule has 0 atom stereocenters. The van der Waals surface area contributed by atoms with Gasteiger partial charge in [0.1, 0.15) is 18.3 Å². The number of aromatic nitrogens is 4. The number of rotatable bonds is 9. The van der Waals surface area contributed by atoms with Crippen molar-refractivity contribution in [3.63, 3.8) is 0 Å². The van der Waals surface area contributed by atoms with Crippen LogP contribution in [-0.2, 0) is 18.4 Å². The summed E-state index contributed by atoms with van der Waals surface area (Å²) in [5, 5.41) is 17.9. The van der Waals surface area contributed by atoms with Gasteiger partial charge in [-0.1, -0.05) is 22.0 Å². The molecular weight excluding hydrogens is 540 g/mol. The lowest BCUT2D eigenvalue weighted by Crippen LogP contribution is -2.39. The summed E-state index contributed by atoms with van der Waals surface area (Å²) in [6, 6.07) is 13.2. The highest BCUT2D eigenvalue weighted by atomic mass is 79.9. The molecule has 0 bridgehead atoms. The van der Waals surface area contributed by atoms with Crippen molar-refractivity contribution in [3.8, 4) is 0 Å². The van der Waals surface area contributed by atoms with E-state index in [1.807, 2.05) is 50.5 Å². The molecule has 1 amide bonds. The van der Waals surface area contributed by atoms with Crippen molar-refractivity contribution in [2.75, 3.05) is 31.3 Å². The summed E-state index contributed by atoms with van der Waals surface area (Å²) >= 11 is 3.47. The number of fused-ring (bicyclic) bond motifs is 1. The molecule has 0 unspecified atom stereocenters. The summed E-state index contributed by atoms with van der Waals surface area (Å²) < 4.78 is 3.06. The Kier molecular flexibility index (Phi) is 7.60. The SMILES string of the molecule is Cn1cc([N+](=O)[O-])nc1C[N+](C)(C)CC=CC(=O)Nc1ccc2ncnc(Nc3cccc(Br)c3)c2c1. The third-order valence-electron chi connectivity index (χ3n) is 5.58. The highest BCUT2D eigenvalue weighted by Crippen LogP contribution is 2.27. The zero-order valence-corrected chi connectivity index (χ0v) is 22.1. The van der Waals surface area contributed by atoms with Crippen molar-refractivity contribution >= 4 is 55.8 Å². The molecular formula is C25H26BrN8O3+. The van der Waals surface area contributed by atoms with Crippen LogP contribution in [0.4, 0.5) is 23.0 Å². The van der Waals surface area contributed by atoms with E-state index in [0.29, 0.717) is 34.9 Å². The van der Waals surface area contributed by atoms with Crippen LogP contribution in [0.5, 0.6) is 0 Å². The van der Waals surface area contributed by atoms with Crippen molar-refractivity contribution in [2.45, 2.75) is 6.54 Å². The van der Waals surface area contributed by atoms with Gasteiger partial charge in [-0.25, -0.2) is 9.97 Å². The molecule has 37 heavy (non-hydrogen) atoms. The smallest absolute Gasteiger partial charge is 0.358 e. The van der Waals surface area contributed by atoms with Crippen LogP contribution in [0.3, 0.4) is 0 Å². The molecule has 190 valence electrons. The summed E-state index contributed by atoms with van der Waals surface area (Å²) in [4.78, 5) is 35.8. The van der Waals surface area contributed by atoms with Gasteiger partial charge in [-0.2, -0.15) is 0 Å². The zero-order valence-electron chi connectivity index (χ0n) is 20.6. The number of halogens is 1. The van der Waals surface area contributed by atoms with E-state index in [1.165, 1.54) is 18.6 Å². The van der Waals surface area contributed by atoms with Gasteiger partial charge in [0.2, 0.25) is 5.91 Å². The first-order chi connectivity index (χ1) is 17.6. The standard InChI is InChI=1S/C25H25BrN8O3/c1-32-14-22(33(36)37)31-23(32)15-34(2,3)11-5-8-24(35)29-19-9-10-21-20(13-19)25(28-16-27-21)30-18-7-4-6-17(26)12-18/h4-10,12-14,16H,11,15H2,1-3H3,(H-,27,28,29,30,35)/p+1. The molecule has 4 aromatic rings. The predicted octanol–water partition coefficient (Wildman–Crippen LogP) is 4.55. The fourth-order valence-electron chi connectivity index (χ4n) is 3.74. The van der Waals surface area contributed by atoms with E-state index >= 15 is 0 Å². The summed E-state index contributed by atoms with van der Waals surface area (Å²) in [6.07, 6.45) is 6.14. The van der Waals surface area contributed by atoms with E-state index in [9.17, 15) is 14.9 Å². The van der Waals surface area contributed by atoms with E-state index < -0.39 is 4.92 Å². The Morgan fingerprint density at radius 3 is 2.73 bits per heavy atom. The van der Waals surface area contributed by atoms with Gasteiger partial charge >= 0.3 is 5.82 Å². The average molecular weight is 566 g/mol. The number of quaternary nitrogens is 1. The van der Waals surface area contributed by atoms with E-state index in [2.05, 4.69) is 41.5 Å². The molecule has 0 spiro atoms. The number of amides is 1. The largest absolute Gasteiger partial charge is 0.382 e. The third-order valence-corrected chi connectivity index (χ3v) is 6.07. The Hall–Kier alpha value is -4.16. The minimum atomic E-state index is -0.508. The quantitative estimate of drug-likeness (QED) is 0.132. The van der Waals surface area contributed by atoms with Crippen molar-refractivity contribution in [2.24, 2.45) is 7.05 Å². The van der Waals surface area contributed by atoms with Crippen LogP contribution >= 0.6 is 15.9 Å². The highest BCUT2D eigenvalue weighted by Gasteiger charge is 2.24. The molecule has 12 heteroatoms. The molecule has 0 saturated carbocycles. The number of likely N-dealkylation sites (N-methyl/N-ethyl adjacent to an activating group) is 1. The van der Waals surface area contributed by atoms with E-state index in [0.717, 1.165) is 21.1 Å². The zero-order chi connectivity index (χ0) is 26.6.